The van der Waals surface area contributed by atoms with Gasteiger partial charge in [-0.2, -0.15) is 0 Å². The predicted octanol–water partition coefficient (Wildman–Crippen LogP) is 2.39. The maximum Gasteiger partial charge on any atom is 0.228 e. The van der Waals surface area contributed by atoms with Gasteiger partial charge in [-0.1, -0.05) is 22.0 Å². The highest BCUT2D eigenvalue weighted by molar-refractivity contribution is 9.10. The van der Waals surface area contributed by atoms with Crippen molar-refractivity contribution in [3.8, 4) is 0 Å². The highest BCUT2D eigenvalue weighted by Crippen LogP contribution is 2.29. The molecule has 0 unspecified atom stereocenters. The first-order valence-corrected chi connectivity index (χ1v) is 8.10. The Labute approximate surface area is 134 Å². The normalized spacial score (nSPS) is 17.5. The number of nitrogens with one attached hydrogen (secondary N) is 2. The number of piperidine rings is 1. The van der Waals surface area contributed by atoms with E-state index in [-0.39, 0.29) is 11.3 Å². The number of ether oxygens (including phenoxy) is 1. The van der Waals surface area contributed by atoms with Gasteiger partial charge in [0.1, 0.15) is 0 Å². The number of rotatable bonds is 5. The van der Waals surface area contributed by atoms with Crippen LogP contribution in [0.4, 0.5) is 0 Å². The molecule has 1 fully saturated rings. The second kappa shape index (κ2) is 7.38. The lowest BCUT2D eigenvalue weighted by atomic mass is 9.78. The molecular weight excluding hydrogens is 332 g/mol. The number of hydrogen-bond donors (Lipinski definition) is 2. The first-order chi connectivity index (χ1) is 10.1. The third-order valence-electron chi connectivity index (χ3n) is 4.21. The van der Waals surface area contributed by atoms with E-state index in [2.05, 4.69) is 39.6 Å². The molecule has 1 heterocycles. The quantitative estimate of drug-likeness (QED) is 0.853. The van der Waals surface area contributed by atoms with Crippen molar-refractivity contribution in [2.75, 3.05) is 26.8 Å². The minimum Gasteiger partial charge on any atom is -0.384 e. The summed E-state index contributed by atoms with van der Waals surface area (Å²) < 4.78 is 6.36. The number of hydrogen-bond acceptors (Lipinski definition) is 3. The second-order valence-corrected chi connectivity index (χ2v) is 6.63. The summed E-state index contributed by atoms with van der Waals surface area (Å²) in [5, 5.41) is 6.39. The summed E-state index contributed by atoms with van der Waals surface area (Å²) in [4.78, 5) is 12.6. The lowest BCUT2D eigenvalue weighted by Gasteiger charge is -2.35. The zero-order chi connectivity index (χ0) is 15.3. The number of halogens is 1. The molecule has 1 aliphatic rings. The highest BCUT2D eigenvalue weighted by Gasteiger charge is 2.39. The van der Waals surface area contributed by atoms with Gasteiger partial charge in [0, 0.05) is 18.1 Å². The fraction of sp³-hybridized carbons (Fsp3) is 0.562. The number of carbonyl (C=O) groups excluding carboxylic acids is 1. The van der Waals surface area contributed by atoms with Gasteiger partial charge in [-0.05, 0) is 56.1 Å². The van der Waals surface area contributed by atoms with E-state index in [1.807, 2.05) is 12.1 Å². The summed E-state index contributed by atoms with van der Waals surface area (Å²) in [5.41, 5.74) is 1.94. The van der Waals surface area contributed by atoms with Gasteiger partial charge in [-0.25, -0.2) is 0 Å². The van der Waals surface area contributed by atoms with Crippen LogP contribution >= 0.6 is 15.9 Å². The third-order valence-corrected chi connectivity index (χ3v) is 4.70. The van der Waals surface area contributed by atoms with Crippen LogP contribution in [0.3, 0.4) is 0 Å². The molecule has 0 aliphatic carbocycles. The largest absolute Gasteiger partial charge is 0.384 e. The zero-order valence-corrected chi connectivity index (χ0v) is 14.3. The summed E-state index contributed by atoms with van der Waals surface area (Å²) in [6.45, 7) is 4.85. The van der Waals surface area contributed by atoms with Crippen molar-refractivity contribution in [2.45, 2.75) is 26.3 Å². The Morgan fingerprint density at radius 2 is 2.14 bits per heavy atom. The molecule has 2 rings (SSSR count). The Kier molecular flexibility index (Phi) is 5.79. The molecule has 5 heteroatoms. The Morgan fingerprint density at radius 1 is 1.43 bits per heavy atom. The van der Waals surface area contributed by atoms with Gasteiger partial charge < -0.3 is 15.4 Å². The van der Waals surface area contributed by atoms with Crippen LogP contribution in [0.5, 0.6) is 0 Å². The van der Waals surface area contributed by atoms with Crippen molar-refractivity contribution in [1.29, 1.82) is 0 Å². The minimum absolute atomic E-state index is 0.105. The van der Waals surface area contributed by atoms with Crippen molar-refractivity contribution >= 4 is 21.8 Å². The molecule has 0 spiro atoms. The third kappa shape index (κ3) is 4.05. The molecule has 0 aromatic heterocycles. The Morgan fingerprint density at radius 3 is 2.76 bits per heavy atom. The molecule has 0 atom stereocenters. The van der Waals surface area contributed by atoms with E-state index in [4.69, 9.17) is 4.74 Å². The molecule has 2 N–H and O–H groups in total. The van der Waals surface area contributed by atoms with Crippen molar-refractivity contribution in [2.24, 2.45) is 5.41 Å². The van der Waals surface area contributed by atoms with Gasteiger partial charge in [0.15, 0.2) is 0 Å². The lowest BCUT2D eigenvalue weighted by molar-refractivity contribution is -0.136. The molecule has 1 aromatic carbocycles. The van der Waals surface area contributed by atoms with Gasteiger partial charge in [-0.15, -0.1) is 0 Å². The van der Waals surface area contributed by atoms with E-state index in [0.717, 1.165) is 36.0 Å². The van der Waals surface area contributed by atoms with Crippen LogP contribution in [-0.2, 0) is 16.1 Å². The van der Waals surface area contributed by atoms with Crippen molar-refractivity contribution in [3.63, 3.8) is 0 Å². The number of amides is 1. The maximum atomic E-state index is 12.6. The van der Waals surface area contributed by atoms with E-state index in [0.29, 0.717) is 13.2 Å². The Hall–Kier alpha value is -0.910. The van der Waals surface area contributed by atoms with E-state index in [1.165, 1.54) is 5.56 Å². The average molecular weight is 355 g/mol. The highest BCUT2D eigenvalue weighted by atomic mass is 79.9. The van der Waals surface area contributed by atoms with Gasteiger partial charge in [0.2, 0.25) is 5.91 Å². The number of benzene rings is 1. The second-order valence-electron chi connectivity index (χ2n) is 5.72. The molecule has 4 nitrogen and oxygen atoms in total. The standard InChI is InChI=1S/C16H23BrN2O2/c1-12-9-14(17)4-3-13(12)10-19-15(20)16(11-21-2)5-7-18-8-6-16/h3-4,9,18H,5-8,10-11H2,1-2H3,(H,19,20). The van der Waals surface area contributed by atoms with E-state index in [9.17, 15) is 4.79 Å². The molecule has 0 saturated carbocycles. The molecule has 0 radical (unpaired) electrons. The molecule has 0 bridgehead atoms. The Bertz CT molecular complexity index is 494. The van der Waals surface area contributed by atoms with Crippen LogP contribution < -0.4 is 10.6 Å². The molecule has 1 aliphatic heterocycles. The van der Waals surface area contributed by atoms with Crippen molar-refractivity contribution < 1.29 is 9.53 Å². The predicted molar refractivity (Wildman–Crippen MR) is 87.1 cm³/mol. The van der Waals surface area contributed by atoms with Gasteiger partial charge >= 0.3 is 0 Å². The van der Waals surface area contributed by atoms with Crippen LogP contribution in [0.15, 0.2) is 22.7 Å². The summed E-state index contributed by atoms with van der Waals surface area (Å²) >= 11 is 3.46. The van der Waals surface area contributed by atoms with Gasteiger partial charge in [0.05, 0.1) is 12.0 Å². The summed E-state index contributed by atoms with van der Waals surface area (Å²) in [6, 6.07) is 6.12. The van der Waals surface area contributed by atoms with Crippen molar-refractivity contribution in [3.05, 3.63) is 33.8 Å². The first-order valence-electron chi connectivity index (χ1n) is 7.30. The van der Waals surface area contributed by atoms with Crippen LogP contribution in [0.1, 0.15) is 24.0 Å². The molecule has 1 amide bonds. The minimum atomic E-state index is -0.386. The van der Waals surface area contributed by atoms with Gasteiger partial charge in [0.25, 0.3) is 0 Å². The Balaban J connectivity index is 2.01. The molecule has 1 saturated heterocycles. The van der Waals surface area contributed by atoms with Crippen LogP contribution in [0.2, 0.25) is 0 Å². The fourth-order valence-corrected chi connectivity index (χ4v) is 3.31. The van der Waals surface area contributed by atoms with E-state index in [1.54, 1.807) is 7.11 Å². The van der Waals surface area contributed by atoms with Crippen LogP contribution in [-0.4, -0.2) is 32.7 Å². The van der Waals surface area contributed by atoms with Crippen LogP contribution in [0.25, 0.3) is 0 Å². The lowest BCUT2D eigenvalue weighted by Crippen LogP contribution is -2.50. The van der Waals surface area contributed by atoms with E-state index >= 15 is 0 Å². The molecule has 1 aromatic rings. The fourth-order valence-electron chi connectivity index (χ4n) is 2.84. The monoisotopic (exact) mass is 354 g/mol. The molecular formula is C16H23BrN2O2. The van der Waals surface area contributed by atoms with Crippen LogP contribution in [0, 0.1) is 12.3 Å². The first kappa shape index (κ1) is 16.5. The molecule has 116 valence electrons. The van der Waals surface area contributed by atoms with E-state index < -0.39 is 0 Å². The topological polar surface area (TPSA) is 50.4 Å². The van der Waals surface area contributed by atoms with Gasteiger partial charge in [-0.3, -0.25) is 4.79 Å². The SMILES string of the molecule is COCC1(C(=O)NCc2ccc(Br)cc2C)CCNCC1. The number of aryl methyl sites for hydroxylation is 1. The summed E-state index contributed by atoms with van der Waals surface area (Å²) in [6.07, 6.45) is 1.65. The number of carbonyl (C=O) groups is 1. The van der Waals surface area contributed by atoms with Crippen molar-refractivity contribution in [1.82, 2.24) is 10.6 Å². The summed E-state index contributed by atoms with van der Waals surface area (Å²) in [7, 11) is 1.66. The maximum absolute atomic E-state index is 12.6. The number of methoxy groups -OCH3 is 1. The summed E-state index contributed by atoms with van der Waals surface area (Å²) in [5.74, 6) is 0.105. The average Bonchev–Trinajstić information content (AvgIpc) is 2.47. The molecule has 21 heavy (non-hydrogen) atoms. The zero-order valence-electron chi connectivity index (χ0n) is 12.7. The smallest absolute Gasteiger partial charge is 0.228 e.